The Labute approximate surface area is 77.3 Å². The molecule has 0 spiro atoms. The summed E-state index contributed by atoms with van der Waals surface area (Å²) in [5, 5.41) is 28.3. The van der Waals surface area contributed by atoms with Crippen LogP contribution >= 0.6 is 0 Å². The van der Waals surface area contributed by atoms with Gasteiger partial charge in [0.05, 0.1) is 6.10 Å². The second kappa shape index (κ2) is 3.66. The molecule has 3 N–H and O–H groups in total. The molecule has 0 aromatic heterocycles. The molecule has 1 aromatic carbocycles. The maximum atomic E-state index is 9.56. The second-order valence-electron chi connectivity index (χ2n) is 3.07. The number of aromatic hydroxyl groups is 2. The number of aliphatic hydroxyl groups excluding tert-OH is 1. The molecule has 0 aliphatic rings. The van der Waals surface area contributed by atoms with Crippen LogP contribution in [0, 0.1) is 6.92 Å². The number of aliphatic hydroxyl groups is 1. The van der Waals surface area contributed by atoms with Gasteiger partial charge in [0.25, 0.3) is 0 Å². The van der Waals surface area contributed by atoms with Crippen LogP contribution in [-0.4, -0.2) is 15.3 Å². The van der Waals surface area contributed by atoms with Crippen LogP contribution < -0.4 is 0 Å². The predicted octanol–water partition coefficient (Wildman–Crippen LogP) is 1.85. The maximum absolute atomic E-state index is 9.56. The fraction of sp³-hybridized carbons (Fsp3) is 0.400. The monoisotopic (exact) mass is 182 g/mol. The molecule has 0 bridgehead atoms. The molecule has 72 valence electrons. The minimum Gasteiger partial charge on any atom is -0.508 e. The first-order valence-corrected chi connectivity index (χ1v) is 4.27. The Hall–Kier alpha value is -1.22. The molecule has 3 heteroatoms. The third kappa shape index (κ3) is 1.75. The Morgan fingerprint density at radius 3 is 2.46 bits per heavy atom. The highest BCUT2D eigenvalue weighted by atomic mass is 16.3. The highest BCUT2D eigenvalue weighted by Crippen LogP contribution is 2.33. The minimum atomic E-state index is -0.667. The van der Waals surface area contributed by atoms with Gasteiger partial charge in [0, 0.05) is 11.1 Å². The van der Waals surface area contributed by atoms with Crippen LogP contribution in [0.25, 0.3) is 0 Å². The molecular weight excluding hydrogens is 168 g/mol. The number of hydrogen-bond donors (Lipinski definition) is 3. The Kier molecular flexibility index (Phi) is 2.78. The van der Waals surface area contributed by atoms with Crippen molar-refractivity contribution in [3.8, 4) is 11.5 Å². The van der Waals surface area contributed by atoms with Gasteiger partial charge in [0.15, 0.2) is 0 Å². The first-order chi connectivity index (χ1) is 6.07. The van der Waals surface area contributed by atoms with Crippen molar-refractivity contribution in [1.82, 2.24) is 0 Å². The third-order valence-corrected chi connectivity index (χ3v) is 2.18. The second-order valence-corrected chi connectivity index (χ2v) is 3.07. The number of phenolic OH excluding ortho intramolecular Hbond substituents is 2. The largest absolute Gasteiger partial charge is 0.508 e. The van der Waals surface area contributed by atoms with E-state index in [1.807, 2.05) is 6.92 Å². The van der Waals surface area contributed by atoms with E-state index >= 15 is 0 Å². The molecule has 13 heavy (non-hydrogen) atoms. The number of benzene rings is 1. The van der Waals surface area contributed by atoms with Gasteiger partial charge >= 0.3 is 0 Å². The molecule has 0 aliphatic heterocycles. The van der Waals surface area contributed by atoms with Crippen molar-refractivity contribution in [3.63, 3.8) is 0 Å². The van der Waals surface area contributed by atoms with Gasteiger partial charge in [0.1, 0.15) is 11.5 Å². The Bertz CT molecular complexity index is 307. The average molecular weight is 182 g/mol. The quantitative estimate of drug-likeness (QED) is 0.654. The van der Waals surface area contributed by atoms with Crippen LogP contribution in [0.2, 0.25) is 0 Å². The lowest BCUT2D eigenvalue weighted by atomic mass is 10.0. The van der Waals surface area contributed by atoms with Gasteiger partial charge in [-0.15, -0.1) is 0 Å². The van der Waals surface area contributed by atoms with E-state index in [0.717, 1.165) is 0 Å². The average Bonchev–Trinajstić information content (AvgIpc) is 2.13. The Morgan fingerprint density at radius 2 is 1.92 bits per heavy atom. The summed E-state index contributed by atoms with van der Waals surface area (Å²) in [6, 6.07) is 3.01. The molecule has 1 unspecified atom stereocenters. The highest BCUT2D eigenvalue weighted by Gasteiger charge is 2.13. The zero-order chi connectivity index (χ0) is 10.0. The molecule has 0 amide bonds. The van der Waals surface area contributed by atoms with Crippen molar-refractivity contribution < 1.29 is 15.3 Å². The number of phenols is 2. The molecule has 3 nitrogen and oxygen atoms in total. The van der Waals surface area contributed by atoms with Crippen LogP contribution in [0.4, 0.5) is 0 Å². The van der Waals surface area contributed by atoms with E-state index in [4.69, 9.17) is 0 Å². The molecule has 1 aromatic rings. The number of rotatable bonds is 2. The lowest BCUT2D eigenvalue weighted by Gasteiger charge is -2.12. The van der Waals surface area contributed by atoms with E-state index in [0.29, 0.717) is 17.5 Å². The molecule has 0 saturated carbocycles. The lowest BCUT2D eigenvalue weighted by molar-refractivity contribution is 0.169. The van der Waals surface area contributed by atoms with Crippen molar-refractivity contribution in [2.75, 3.05) is 0 Å². The Balaban J connectivity index is 3.18. The van der Waals surface area contributed by atoms with Crippen LogP contribution in [0.3, 0.4) is 0 Å². The van der Waals surface area contributed by atoms with Crippen molar-refractivity contribution in [2.45, 2.75) is 26.4 Å². The van der Waals surface area contributed by atoms with Crippen molar-refractivity contribution in [2.24, 2.45) is 0 Å². The summed E-state index contributed by atoms with van der Waals surface area (Å²) in [6.07, 6.45) is -0.128. The first-order valence-electron chi connectivity index (χ1n) is 4.27. The van der Waals surface area contributed by atoms with Gasteiger partial charge < -0.3 is 15.3 Å². The summed E-state index contributed by atoms with van der Waals surface area (Å²) in [5.41, 5.74) is 0.878. The minimum absolute atomic E-state index is 0.0191. The van der Waals surface area contributed by atoms with Crippen LogP contribution in [0.15, 0.2) is 12.1 Å². The normalized spacial score (nSPS) is 12.8. The molecule has 0 saturated heterocycles. The van der Waals surface area contributed by atoms with Crippen molar-refractivity contribution in [1.29, 1.82) is 0 Å². The van der Waals surface area contributed by atoms with E-state index < -0.39 is 6.10 Å². The van der Waals surface area contributed by atoms with Crippen LogP contribution in [-0.2, 0) is 0 Å². The standard InChI is InChI=1S/C10H14O3/c1-3-8(11)7-4-5-9(12)6(2)10(7)13/h4-5,8,11-13H,3H2,1-2H3. The Morgan fingerprint density at radius 1 is 1.31 bits per heavy atom. The summed E-state index contributed by atoms with van der Waals surface area (Å²) >= 11 is 0. The summed E-state index contributed by atoms with van der Waals surface area (Å²) in [5.74, 6) is 0.0268. The van der Waals surface area contributed by atoms with Gasteiger partial charge in [-0.1, -0.05) is 6.92 Å². The van der Waals surface area contributed by atoms with Crippen molar-refractivity contribution >= 4 is 0 Å². The van der Waals surface area contributed by atoms with Gasteiger partial charge in [-0.25, -0.2) is 0 Å². The van der Waals surface area contributed by atoms with E-state index in [2.05, 4.69) is 0 Å². The van der Waals surface area contributed by atoms with Gasteiger partial charge in [0.2, 0.25) is 0 Å². The van der Waals surface area contributed by atoms with Gasteiger partial charge in [-0.2, -0.15) is 0 Å². The molecule has 0 radical (unpaired) electrons. The molecular formula is C10H14O3. The molecule has 0 heterocycles. The summed E-state index contributed by atoms with van der Waals surface area (Å²) in [6.45, 7) is 3.43. The SMILES string of the molecule is CCC(O)c1ccc(O)c(C)c1O. The fourth-order valence-corrected chi connectivity index (χ4v) is 1.20. The van der Waals surface area contributed by atoms with E-state index in [1.165, 1.54) is 12.1 Å². The van der Waals surface area contributed by atoms with E-state index in [-0.39, 0.29) is 11.5 Å². The summed E-state index contributed by atoms with van der Waals surface area (Å²) in [7, 11) is 0. The van der Waals surface area contributed by atoms with E-state index in [9.17, 15) is 15.3 Å². The van der Waals surface area contributed by atoms with Crippen LogP contribution in [0.5, 0.6) is 11.5 Å². The maximum Gasteiger partial charge on any atom is 0.127 e. The zero-order valence-corrected chi connectivity index (χ0v) is 7.78. The molecule has 1 rings (SSSR count). The first kappa shape index (κ1) is 9.86. The third-order valence-electron chi connectivity index (χ3n) is 2.18. The summed E-state index contributed by atoms with van der Waals surface area (Å²) < 4.78 is 0. The van der Waals surface area contributed by atoms with Crippen LogP contribution in [0.1, 0.15) is 30.6 Å². The number of hydrogen-bond acceptors (Lipinski definition) is 3. The predicted molar refractivity (Wildman–Crippen MR) is 49.8 cm³/mol. The highest BCUT2D eigenvalue weighted by molar-refractivity contribution is 5.48. The fourth-order valence-electron chi connectivity index (χ4n) is 1.20. The molecule has 0 aliphatic carbocycles. The topological polar surface area (TPSA) is 60.7 Å². The summed E-state index contributed by atoms with van der Waals surface area (Å²) in [4.78, 5) is 0. The van der Waals surface area contributed by atoms with Gasteiger partial charge in [-0.3, -0.25) is 0 Å². The lowest BCUT2D eigenvalue weighted by Crippen LogP contribution is -1.96. The smallest absolute Gasteiger partial charge is 0.127 e. The molecule has 0 fully saturated rings. The van der Waals surface area contributed by atoms with Gasteiger partial charge in [-0.05, 0) is 25.5 Å². The molecule has 1 atom stereocenters. The van der Waals surface area contributed by atoms with Crippen molar-refractivity contribution in [3.05, 3.63) is 23.3 Å². The van der Waals surface area contributed by atoms with E-state index in [1.54, 1.807) is 6.92 Å². The zero-order valence-electron chi connectivity index (χ0n) is 7.78.